The van der Waals surface area contributed by atoms with Crippen molar-refractivity contribution in [1.82, 2.24) is 15.5 Å². The fourth-order valence-electron chi connectivity index (χ4n) is 2.88. The SMILES string of the molecule is Cc1ccccc1C(=O)NCCNc1cc(N2CCCC2)cnn1. The standard InChI is InChI=1S/C18H23N5O/c1-14-6-2-3-7-16(14)18(24)20-9-8-19-17-12-15(13-21-22-17)23-10-4-5-11-23/h2-3,6-7,12-13H,4-5,8-11H2,1H3,(H,19,22)(H,20,24). The molecule has 0 atom stereocenters. The summed E-state index contributed by atoms with van der Waals surface area (Å²) in [6.07, 6.45) is 4.27. The zero-order valence-corrected chi connectivity index (χ0v) is 14.0. The molecule has 2 aromatic rings. The lowest BCUT2D eigenvalue weighted by molar-refractivity contribution is 0.0954. The van der Waals surface area contributed by atoms with Gasteiger partial charge in [-0.25, -0.2) is 0 Å². The van der Waals surface area contributed by atoms with E-state index in [0.717, 1.165) is 30.2 Å². The van der Waals surface area contributed by atoms with E-state index >= 15 is 0 Å². The molecule has 24 heavy (non-hydrogen) atoms. The molecule has 2 N–H and O–H groups in total. The third-order valence-corrected chi connectivity index (χ3v) is 4.22. The number of carbonyl (C=O) groups excluding carboxylic acids is 1. The molecule has 0 bridgehead atoms. The first-order chi connectivity index (χ1) is 11.7. The fourth-order valence-corrected chi connectivity index (χ4v) is 2.88. The van der Waals surface area contributed by atoms with Crippen molar-refractivity contribution in [1.29, 1.82) is 0 Å². The zero-order valence-electron chi connectivity index (χ0n) is 14.0. The highest BCUT2D eigenvalue weighted by molar-refractivity contribution is 5.95. The minimum atomic E-state index is -0.0493. The molecule has 1 aromatic carbocycles. The van der Waals surface area contributed by atoms with Gasteiger partial charge in [-0.3, -0.25) is 4.79 Å². The van der Waals surface area contributed by atoms with E-state index in [1.807, 2.05) is 37.3 Å². The van der Waals surface area contributed by atoms with Crippen LogP contribution in [-0.4, -0.2) is 42.3 Å². The summed E-state index contributed by atoms with van der Waals surface area (Å²) < 4.78 is 0. The van der Waals surface area contributed by atoms with Gasteiger partial charge in [0, 0.05) is 37.8 Å². The minimum absolute atomic E-state index is 0.0493. The molecular formula is C18H23N5O. The highest BCUT2D eigenvalue weighted by Crippen LogP contribution is 2.20. The molecule has 0 saturated carbocycles. The van der Waals surface area contributed by atoms with Crippen molar-refractivity contribution in [2.75, 3.05) is 36.4 Å². The Labute approximate surface area is 142 Å². The average molecular weight is 325 g/mol. The lowest BCUT2D eigenvalue weighted by Crippen LogP contribution is -2.29. The number of nitrogens with zero attached hydrogens (tertiary/aromatic N) is 3. The van der Waals surface area contributed by atoms with Gasteiger partial charge in [-0.2, -0.15) is 5.10 Å². The Kier molecular flexibility index (Phi) is 5.25. The van der Waals surface area contributed by atoms with E-state index in [4.69, 9.17) is 0 Å². The molecule has 1 fully saturated rings. The third-order valence-electron chi connectivity index (χ3n) is 4.22. The first-order valence-electron chi connectivity index (χ1n) is 8.39. The number of nitrogens with one attached hydrogen (secondary N) is 2. The second kappa shape index (κ2) is 7.77. The molecule has 0 radical (unpaired) electrons. The van der Waals surface area contributed by atoms with Crippen molar-refractivity contribution in [2.45, 2.75) is 19.8 Å². The zero-order chi connectivity index (χ0) is 16.8. The Morgan fingerprint density at radius 2 is 2.00 bits per heavy atom. The Morgan fingerprint density at radius 1 is 1.21 bits per heavy atom. The summed E-state index contributed by atoms with van der Waals surface area (Å²) in [6, 6.07) is 9.59. The smallest absolute Gasteiger partial charge is 0.251 e. The molecule has 2 heterocycles. The quantitative estimate of drug-likeness (QED) is 0.797. The second-order valence-electron chi connectivity index (χ2n) is 5.99. The lowest BCUT2D eigenvalue weighted by Gasteiger charge is -2.17. The second-order valence-corrected chi connectivity index (χ2v) is 5.99. The van der Waals surface area contributed by atoms with Crippen LogP contribution in [0.2, 0.25) is 0 Å². The Morgan fingerprint density at radius 3 is 2.79 bits per heavy atom. The molecule has 1 saturated heterocycles. The summed E-state index contributed by atoms with van der Waals surface area (Å²) in [5.74, 6) is 0.691. The first kappa shape index (κ1) is 16.2. The minimum Gasteiger partial charge on any atom is -0.370 e. The van der Waals surface area contributed by atoms with Crippen molar-refractivity contribution in [3.63, 3.8) is 0 Å². The van der Waals surface area contributed by atoms with Gasteiger partial charge in [-0.15, -0.1) is 5.10 Å². The van der Waals surface area contributed by atoms with Crippen molar-refractivity contribution in [2.24, 2.45) is 0 Å². The van der Waals surface area contributed by atoms with Crippen LogP contribution in [0, 0.1) is 6.92 Å². The molecule has 0 spiro atoms. The number of aromatic nitrogens is 2. The highest BCUT2D eigenvalue weighted by atomic mass is 16.1. The van der Waals surface area contributed by atoms with Crippen LogP contribution in [0.1, 0.15) is 28.8 Å². The van der Waals surface area contributed by atoms with Gasteiger partial charge in [0.1, 0.15) is 0 Å². The van der Waals surface area contributed by atoms with Crippen molar-refractivity contribution in [3.05, 3.63) is 47.7 Å². The van der Waals surface area contributed by atoms with Crippen LogP contribution in [0.25, 0.3) is 0 Å². The summed E-state index contributed by atoms with van der Waals surface area (Å²) in [7, 11) is 0. The lowest BCUT2D eigenvalue weighted by atomic mass is 10.1. The molecular weight excluding hydrogens is 302 g/mol. The number of rotatable bonds is 6. The number of benzene rings is 1. The van der Waals surface area contributed by atoms with Gasteiger partial charge < -0.3 is 15.5 Å². The largest absolute Gasteiger partial charge is 0.370 e. The van der Waals surface area contributed by atoms with Crippen LogP contribution in [0.3, 0.4) is 0 Å². The highest BCUT2D eigenvalue weighted by Gasteiger charge is 2.13. The number of hydrogen-bond acceptors (Lipinski definition) is 5. The van der Waals surface area contributed by atoms with Gasteiger partial charge in [-0.1, -0.05) is 18.2 Å². The monoisotopic (exact) mass is 325 g/mol. The van der Waals surface area contributed by atoms with Gasteiger partial charge in [0.25, 0.3) is 5.91 Å². The normalized spacial score (nSPS) is 13.8. The molecule has 6 heteroatoms. The number of amides is 1. The molecule has 1 amide bonds. The number of anilines is 2. The summed E-state index contributed by atoms with van der Waals surface area (Å²) in [4.78, 5) is 14.5. The molecule has 1 aromatic heterocycles. The van der Waals surface area contributed by atoms with Crippen LogP contribution in [0.4, 0.5) is 11.5 Å². The van der Waals surface area contributed by atoms with Gasteiger partial charge in [0.15, 0.2) is 5.82 Å². The summed E-state index contributed by atoms with van der Waals surface area (Å²) >= 11 is 0. The van der Waals surface area contributed by atoms with Gasteiger partial charge >= 0.3 is 0 Å². The van der Waals surface area contributed by atoms with Gasteiger partial charge in [-0.05, 0) is 31.4 Å². The summed E-state index contributed by atoms with van der Waals surface area (Å²) in [6.45, 7) is 5.24. The van der Waals surface area contributed by atoms with E-state index in [1.165, 1.54) is 12.8 Å². The summed E-state index contributed by atoms with van der Waals surface area (Å²) in [5, 5.41) is 14.3. The number of hydrogen-bond donors (Lipinski definition) is 2. The Bertz CT molecular complexity index is 697. The molecule has 3 rings (SSSR count). The van der Waals surface area contributed by atoms with Crippen LogP contribution >= 0.6 is 0 Å². The van der Waals surface area contributed by atoms with Gasteiger partial charge in [0.2, 0.25) is 0 Å². The molecule has 0 unspecified atom stereocenters. The molecule has 126 valence electrons. The van der Waals surface area contributed by atoms with Crippen LogP contribution in [0.15, 0.2) is 36.5 Å². The maximum absolute atomic E-state index is 12.1. The fraction of sp³-hybridized carbons (Fsp3) is 0.389. The maximum atomic E-state index is 12.1. The molecule has 0 aliphatic carbocycles. The topological polar surface area (TPSA) is 70.2 Å². The van der Waals surface area contributed by atoms with Crippen molar-refractivity contribution >= 4 is 17.4 Å². The predicted molar refractivity (Wildman–Crippen MR) is 95.5 cm³/mol. The van der Waals surface area contributed by atoms with E-state index in [9.17, 15) is 4.79 Å². The van der Waals surface area contributed by atoms with Crippen LogP contribution in [0.5, 0.6) is 0 Å². The van der Waals surface area contributed by atoms with Crippen LogP contribution < -0.4 is 15.5 Å². The number of aryl methyl sites for hydroxylation is 1. The van der Waals surface area contributed by atoms with Crippen molar-refractivity contribution < 1.29 is 4.79 Å². The van der Waals surface area contributed by atoms with E-state index in [0.29, 0.717) is 18.7 Å². The summed E-state index contributed by atoms with van der Waals surface area (Å²) in [5.41, 5.74) is 2.80. The van der Waals surface area contributed by atoms with E-state index in [2.05, 4.69) is 25.7 Å². The molecule has 6 nitrogen and oxygen atoms in total. The third kappa shape index (κ3) is 4.01. The van der Waals surface area contributed by atoms with Crippen LogP contribution in [-0.2, 0) is 0 Å². The maximum Gasteiger partial charge on any atom is 0.251 e. The molecule has 1 aliphatic heterocycles. The van der Waals surface area contributed by atoms with E-state index in [-0.39, 0.29) is 5.91 Å². The number of carbonyl (C=O) groups is 1. The van der Waals surface area contributed by atoms with E-state index < -0.39 is 0 Å². The predicted octanol–water partition coefficient (Wildman–Crippen LogP) is 2.23. The van der Waals surface area contributed by atoms with E-state index in [1.54, 1.807) is 6.20 Å². The molecule has 1 aliphatic rings. The average Bonchev–Trinajstić information content (AvgIpc) is 3.14. The first-order valence-corrected chi connectivity index (χ1v) is 8.39. The Balaban J connectivity index is 1.47. The Hall–Kier alpha value is -2.63. The van der Waals surface area contributed by atoms with Gasteiger partial charge in [0.05, 0.1) is 11.9 Å². The van der Waals surface area contributed by atoms with Crippen molar-refractivity contribution in [3.8, 4) is 0 Å².